The maximum absolute atomic E-state index is 12.5. The summed E-state index contributed by atoms with van der Waals surface area (Å²) in [5.74, 6) is -0.715. The van der Waals surface area contributed by atoms with E-state index in [1.807, 2.05) is 36.4 Å². The zero-order valence-corrected chi connectivity index (χ0v) is 15.1. The zero-order valence-electron chi connectivity index (χ0n) is 11.9. The van der Waals surface area contributed by atoms with Crippen molar-refractivity contribution in [3.63, 3.8) is 0 Å². The number of halogens is 2. The molecule has 22 heavy (non-hydrogen) atoms. The molecule has 2 aromatic rings. The van der Waals surface area contributed by atoms with Crippen molar-refractivity contribution in [2.75, 3.05) is 0 Å². The van der Waals surface area contributed by atoms with Gasteiger partial charge in [0.05, 0.1) is 0 Å². The van der Waals surface area contributed by atoms with Crippen LogP contribution >= 0.6 is 31.9 Å². The number of hydrogen-bond donors (Lipinski definition) is 0. The van der Waals surface area contributed by atoms with Gasteiger partial charge in [-0.2, -0.15) is 0 Å². The summed E-state index contributed by atoms with van der Waals surface area (Å²) in [6.45, 7) is 2.77. The molecule has 1 aliphatic rings. The third-order valence-corrected chi connectivity index (χ3v) is 4.79. The SMILES string of the molecule is CC(=O)OC1(C(C)=O)c2cc(Br)ccc2-c2ccc(Br)cc21. The molecule has 0 saturated heterocycles. The third-order valence-electron chi connectivity index (χ3n) is 3.80. The molecule has 1 aliphatic carbocycles. The van der Waals surface area contributed by atoms with Gasteiger partial charge < -0.3 is 4.74 Å². The van der Waals surface area contributed by atoms with E-state index >= 15 is 0 Å². The Balaban J connectivity index is 2.42. The number of fused-ring (bicyclic) bond motifs is 3. The first-order valence-corrected chi connectivity index (χ1v) is 8.26. The van der Waals surface area contributed by atoms with Gasteiger partial charge in [-0.1, -0.05) is 44.0 Å². The van der Waals surface area contributed by atoms with Crippen LogP contribution in [0.2, 0.25) is 0 Å². The predicted octanol–water partition coefficient (Wildman–Crippen LogP) is 4.59. The molecule has 0 spiro atoms. The molecule has 0 radical (unpaired) electrons. The van der Waals surface area contributed by atoms with Crippen LogP contribution < -0.4 is 0 Å². The van der Waals surface area contributed by atoms with Crippen LogP contribution in [0.3, 0.4) is 0 Å². The molecular weight excluding hydrogens is 412 g/mol. The van der Waals surface area contributed by atoms with Crippen molar-refractivity contribution in [1.82, 2.24) is 0 Å². The number of ether oxygens (including phenoxy) is 1. The number of rotatable bonds is 2. The minimum atomic E-state index is -1.38. The van der Waals surface area contributed by atoms with Crippen LogP contribution in [0, 0.1) is 0 Å². The number of hydrogen-bond acceptors (Lipinski definition) is 3. The molecule has 112 valence electrons. The summed E-state index contributed by atoms with van der Waals surface area (Å²) < 4.78 is 7.25. The highest BCUT2D eigenvalue weighted by Crippen LogP contribution is 2.51. The van der Waals surface area contributed by atoms with Crippen LogP contribution in [-0.2, 0) is 19.9 Å². The summed E-state index contributed by atoms with van der Waals surface area (Å²) in [6, 6.07) is 11.4. The molecule has 0 saturated carbocycles. The fraction of sp³-hybridized carbons (Fsp3) is 0.176. The minimum Gasteiger partial charge on any atom is -0.441 e. The lowest BCUT2D eigenvalue weighted by Gasteiger charge is -2.28. The topological polar surface area (TPSA) is 43.4 Å². The lowest BCUT2D eigenvalue weighted by Crippen LogP contribution is -2.38. The van der Waals surface area contributed by atoms with Gasteiger partial charge in [0, 0.05) is 27.0 Å². The van der Waals surface area contributed by atoms with Crippen LogP contribution in [0.5, 0.6) is 0 Å². The lowest BCUT2D eigenvalue weighted by molar-refractivity contribution is -0.161. The van der Waals surface area contributed by atoms with Crippen molar-refractivity contribution in [3.8, 4) is 11.1 Å². The van der Waals surface area contributed by atoms with Gasteiger partial charge in [-0.25, -0.2) is 0 Å². The normalized spacial score (nSPS) is 14.2. The second-order valence-corrected chi connectivity index (χ2v) is 7.04. The number of carbonyl (C=O) groups is 2. The molecule has 0 bridgehead atoms. The van der Waals surface area contributed by atoms with Gasteiger partial charge in [-0.15, -0.1) is 0 Å². The predicted molar refractivity (Wildman–Crippen MR) is 90.5 cm³/mol. The van der Waals surface area contributed by atoms with E-state index in [2.05, 4.69) is 31.9 Å². The Labute approximate surface area is 144 Å². The molecule has 3 nitrogen and oxygen atoms in total. The quantitative estimate of drug-likeness (QED) is 0.663. The maximum atomic E-state index is 12.5. The van der Waals surface area contributed by atoms with Gasteiger partial charge in [0.25, 0.3) is 0 Å². The highest BCUT2D eigenvalue weighted by molar-refractivity contribution is 9.10. The van der Waals surface area contributed by atoms with E-state index in [1.165, 1.54) is 13.8 Å². The van der Waals surface area contributed by atoms with Gasteiger partial charge in [0.15, 0.2) is 5.78 Å². The Kier molecular flexibility index (Phi) is 3.73. The average Bonchev–Trinajstić information content (AvgIpc) is 2.69. The van der Waals surface area contributed by atoms with Crippen LogP contribution in [0.15, 0.2) is 45.3 Å². The molecule has 0 atom stereocenters. The zero-order chi connectivity index (χ0) is 16.1. The van der Waals surface area contributed by atoms with Crippen molar-refractivity contribution in [2.45, 2.75) is 19.4 Å². The number of carbonyl (C=O) groups excluding carboxylic acids is 2. The van der Waals surface area contributed by atoms with E-state index < -0.39 is 11.6 Å². The smallest absolute Gasteiger partial charge is 0.304 e. The first kappa shape index (κ1) is 15.4. The summed E-state index contributed by atoms with van der Waals surface area (Å²) in [5.41, 5.74) is 1.81. The van der Waals surface area contributed by atoms with Crippen LogP contribution in [-0.4, -0.2) is 11.8 Å². The van der Waals surface area contributed by atoms with E-state index in [-0.39, 0.29) is 5.78 Å². The van der Waals surface area contributed by atoms with Gasteiger partial charge in [0.1, 0.15) is 0 Å². The van der Waals surface area contributed by atoms with Crippen LogP contribution in [0.1, 0.15) is 25.0 Å². The third kappa shape index (κ3) is 2.15. The summed E-state index contributed by atoms with van der Waals surface area (Å²) >= 11 is 6.86. The van der Waals surface area contributed by atoms with E-state index in [1.54, 1.807) is 0 Å². The number of benzene rings is 2. The van der Waals surface area contributed by atoms with Crippen molar-refractivity contribution >= 4 is 43.6 Å². The van der Waals surface area contributed by atoms with E-state index in [0.29, 0.717) is 11.1 Å². The average molecular weight is 424 g/mol. The second-order valence-electron chi connectivity index (χ2n) is 5.21. The molecule has 0 amide bonds. The Morgan fingerprint density at radius 1 is 0.909 bits per heavy atom. The van der Waals surface area contributed by atoms with Gasteiger partial charge >= 0.3 is 5.97 Å². The lowest BCUT2D eigenvalue weighted by atomic mass is 9.87. The standard InChI is InChI=1S/C17H12Br2O3/c1-9(20)17(22-10(2)21)15-7-11(18)3-5-13(15)14-6-4-12(19)8-16(14)17/h3-8H,1-2H3. The highest BCUT2D eigenvalue weighted by atomic mass is 79.9. The summed E-state index contributed by atoms with van der Waals surface area (Å²) in [4.78, 5) is 24.2. The van der Waals surface area contributed by atoms with Crippen LogP contribution in [0.25, 0.3) is 11.1 Å². The first-order chi connectivity index (χ1) is 10.4. The number of ketones is 1. The Bertz CT molecular complexity index is 760. The number of esters is 1. The number of Topliss-reactive ketones (excluding diaryl/α,β-unsaturated/α-hetero) is 1. The van der Waals surface area contributed by atoms with Crippen molar-refractivity contribution in [1.29, 1.82) is 0 Å². The van der Waals surface area contributed by atoms with Crippen molar-refractivity contribution in [3.05, 3.63) is 56.5 Å². The fourth-order valence-electron chi connectivity index (χ4n) is 3.01. The van der Waals surface area contributed by atoms with Gasteiger partial charge in [-0.3, -0.25) is 9.59 Å². The molecular formula is C17H12Br2O3. The van der Waals surface area contributed by atoms with Crippen LogP contribution in [0.4, 0.5) is 0 Å². The molecule has 0 unspecified atom stereocenters. The molecule has 0 N–H and O–H groups in total. The van der Waals surface area contributed by atoms with E-state index in [9.17, 15) is 9.59 Å². The fourth-order valence-corrected chi connectivity index (χ4v) is 3.73. The largest absolute Gasteiger partial charge is 0.441 e. The van der Waals surface area contributed by atoms with Gasteiger partial charge in [0.2, 0.25) is 5.60 Å². The first-order valence-electron chi connectivity index (χ1n) is 6.67. The van der Waals surface area contributed by atoms with Crippen molar-refractivity contribution < 1.29 is 14.3 Å². The summed E-state index contributed by atoms with van der Waals surface area (Å²) in [6.07, 6.45) is 0. The summed E-state index contributed by atoms with van der Waals surface area (Å²) in [7, 11) is 0. The molecule has 2 aromatic carbocycles. The Morgan fingerprint density at radius 3 is 1.73 bits per heavy atom. The molecule has 0 aromatic heterocycles. The molecule has 0 aliphatic heterocycles. The molecule has 5 heteroatoms. The van der Waals surface area contributed by atoms with E-state index in [4.69, 9.17) is 4.74 Å². The second kappa shape index (κ2) is 5.32. The molecule has 0 heterocycles. The van der Waals surface area contributed by atoms with E-state index in [0.717, 1.165) is 20.1 Å². The molecule has 3 rings (SSSR count). The molecule has 0 fully saturated rings. The summed E-state index contributed by atoms with van der Waals surface area (Å²) in [5, 5.41) is 0. The highest BCUT2D eigenvalue weighted by Gasteiger charge is 2.50. The van der Waals surface area contributed by atoms with Gasteiger partial charge in [-0.05, 0) is 42.3 Å². The Hall–Kier alpha value is -1.46. The monoisotopic (exact) mass is 422 g/mol. The maximum Gasteiger partial charge on any atom is 0.304 e. The Morgan fingerprint density at radius 2 is 1.36 bits per heavy atom. The van der Waals surface area contributed by atoms with Crippen molar-refractivity contribution in [2.24, 2.45) is 0 Å². The minimum absolute atomic E-state index is 0.223.